The van der Waals surface area contributed by atoms with Gasteiger partial charge in [0.05, 0.1) is 5.69 Å². The van der Waals surface area contributed by atoms with Crippen LogP contribution in [0, 0.1) is 6.92 Å². The van der Waals surface area contributed by atoms with Crippen molar-refractivity contribution in [1.29, 1.82) is 0 Å². The molecule has 1 heterocycles. The first-order valence-electron chi connectivity index (χ1n) is 5.02. The molecule has 2 aromatic rings. The van der Waals surface area contributed by atoms with Crippen LogP contribution in [0.25, 0.3) is 0 Å². The molecule has 94 valence electrons. The van der Waals surface area contributed by atoms with Crippen LogP contribution in [-0.2, 0) is 0 Å². The summed E-state index contributed by atoms with van der Waals surface area (Å²) < 4.78 is 0. The van der Waals surface area contributed by atoms with E-state index in [9.17, 15) is 0 Å². The van der Waals surface area contributed by atoms with Crippen molar-refractivity contribution in [3.8, 4) is 0 Å². The number of pyridine rings is 1. The van der Waals surface area contributed by atoms with Crippen molar-refractivity contribution in [2.24, 2.45) is 0 Å². The van der Waals surface area contributed by atoms with Crippen LogP contribution in [0.4, 0.5) is 11.4 Å². The third kappa shape index (κ3) is 2.83. The Balaban J connectivity index is 2.42. The number of halogens is 4. The number of anilines is 2. The fraction of sp³-hybridized carbons (Fsp3) is 0.0833. The van der Waals surface area contributed by atoms with E-state index in [0.29, 0.717) is 5.69 Å². The summed E-state index contributed by atoms with van der Waals surface area (Å²) in [4.78, 5) is 3.82. The number of benzene rings is 1. The Morgan fingerprint density at radius 2 is 1.39 bits per heavy atom. The fourth-order valence-electron chi connectivity index (χ4n) is 1.38. The molecule has 0 unspecified atom stereocenters. The molecule has 18 heavy (non-hydrogen) atoms. The number of hydrogen-bond donors (Lipinski definition) is 1. The van der Waals surface area contributed by atoms with Gasteiger partial charge in [-0.2, -0.15) is 0 Å². The summed E-state index contributed by atoms with van der Waals surface area (Å²) in [6.07, 6.45) is 0. The van der Waals surface area contributed by atoms with Crippen molar-refractivity contribution in [2.75, 3.05) is 5.32 Å². The second-order valence-corrected chi connectivity index (χ2v) is 5.16. The van der Waals surface area contributed by atoms with Crippen LogP contribution >= 0.6 is 46.4 Å². The minimum Gasteiger partial charge on any atom is -0.353 e. The van der Waals surface area contributed by atoms with Gasteiger partial charge in [0.1, 0.15) is 10.0 Å². The molecule has 1 N–H and O–H groups in total. The van der Waals surface area contributed by atoms with E-state index in [1.807, 2.05) is 31.2 Å². The van der Waals surface area contributed by atoms with Crippen molar-refractivity contribution < 1.29 is 0 Å². The lowest BCUT2D eigenvalue weighted by molar-refractivity contribution is 1.32. The lowest BCUT2D eigenvalue weighted by Gasteiger charge is -2.12. The van der Waals surface area contributed by atoms with Gasteiger partial charge in [0.2, 0.25) is 0 Å². The van der Waals surface area contributed by atoms with Gasteiger partial charge in [-0.3, -0.25) is 0 Å². The Kier molecular flexibility index (Phi) is 4.23. The maximum absolute atomic E-state index is 6.05. The molecule has 0 radical (unpaired) electrons. The third-order valence-corrected chi connectivity index (χ3v) is 3.79. The topological polar surface area (TPSA) is 24.9 Å². The molecule has 1 aromatic carbocycles. The van der Waals surface area contributed by atoms with E-state index in [2.05, 4.69) is 10.3 Å². The summed E-state index contributed by atoms with van der Waals surface area (Å²) >= 11 is 23.8. The van der Waals surface area contributed by atoms with Crippen molar-refractivity contribution in [3.63, 3.8) is 0 Å². The molecule has 0 saturated heterocycles. The van der Waals surface area contributed by atoms with Gasteiger partial charge in [-0.1, -0.05) is 64.1 Å². The van der Waals surface area contributed by atoms with Gasteiger partial charge in [0.15, 0.2) is 10.3 Å². The molecular weight excluding hydrogens is 314 g/mol. The maximum atomic E-state index is 6.05. The molecule has 0 aliphatic carbocycles. The van der Waals surface area contributed by atoms with Gasteiger partial charge >= 0.3 is 0 Å². The first-order valence-corrected chi connectivity index (χ1v) is 6.54. The number of aryl methyl sites for hydroxylation is 1. The quantitative estimate of drug-likeness (QED) is 0.712. The number of nitrogens with one attached hydrogen (secondary N) is 1. The van der Waals surface area contributed by atoms with Crippen LogP contribution in [0.5, 0.6) is 0 Å². The normalized spacial score (nSPS) is 10.5. The zero-order chi connectivity index (χ0) is 13.3. The van der Waals surface area contributed by atoms with E-state index in [0.717, 1.165) is 11.3 Å². The van der Waals surface area contributed by atoms with Crippen molar-refractivity contribution >= 4 is 57.8 Å². The van der Waals surface area contributed by atoms with Crippen LogP contribution in [0.2, 0.25) is 20.4 Å². The van der Waals surface area contributed by atoms with Crippen molar-refractivity contribution in [1.82, 2.24) is 4.98 Å². The Morgan fingerprint density at radius 3 is 1.89 bits per heavy atom. The second kappa shape index (κ2) is 5.54. The Bertz CT molecular complexity index is 555. The highest BCUT2D eigenvalue weighted by atomic mass is 35.5. The molecule has 2 nitrogen and oxygen atoms in total. The highest BCUT2D eigenvalue weighted by molar-refractivity contribution is 6.48. The fourth-order valence-corrected chi connectivity index (χ4v) is 2.20. The SMILES string of the molecule is Cc1ccc(Nc2c(Cl)c(Cl)nc(Cl)c2Cl)cc1. The molecule has 0 aliphatic heterocycles. The third-order valence-electron chi connectivity index (χ3n) is 2.32. The molecular formula is C12H8Cl4N2. The molecule has 1 aromatic heterocycles. The average molecular weight is 322 g/mol. The van der Waals surface area contributed by atoms with Crippen LogP contribution < -0.4 is 5.32 Å². The molecule has 0 fully saturated rings. The maximum Gasteiger partial charge on any atom is 0.151 e. The Morgan fingerprint density at radius 1 is 0.889 bits per heavy atom. The minimum absolute atomic E-state index is 0.112. The van der Waals surface area contributed by atoms with Crippen LogP contribution in [0.1, 0.15) is 5.56 Å². The standard InChI is InChI=1S/C12H8Cl4N2/c1-6-2-4-7(5-3-6)17-10-8(13)11(15)18-12(16)9(10)14/h2-5H,1H3,(H,17,18). The monoisotopic (exact) mass is 320 g/mol. The molecule has 6 heteroatoms. The van der Waals surface area contributed by atoms with Crippen LogP contribution in [-0.4, -0.2) is 4.98 Å². The number of hydrogen-bond acceptors (Lipinski definition) is 2. The van der Waals surface area contributed by atoms with E-state index < -0.39 is 0 Å². The Labute approximate surface area is 125 Å². The first-order chi connectivity index (χ1) is 8.49. The lowest BCUT2D eigenvalue weighted by Crippen LogP contribution is -1.95. The largest absolute Gasteiger partial charge is 0.353 e. The molecule has 0 spiro atoms. The molecule has 0 amide bonds. The van der Waals surface area contributed by atoms with Gasteiger partial charge in [-0.15, -0.1) is 0 Å². The van der Waals surface area contributed by atoms with Crippen molar-refractivity contribution in [3.05, 3.63) is 50.2 Å². The first kappa shape index (κ1) is 13.8. The summed E-state index contributed by atoms with van der Waals surface area (Å²) in [5.74, 6) is 0. The minimum atomic E-state index is 0.112. The van der Waals surface area contributed by atoms with Gasteiger partial charge in [-0.25, -0.2) is 4.98 Å². The predicted octanol–water partition coefficient (Wildman–Crippen LogP) is 5.75. The molecule has 0 atom stereocenters. The molecule has 0 bridgehead atoms. The van der Waals surface area contributed by atoms with Gasteiger partial charge in [0.25, 0.3) is 0 Å². The highest BCUT2D eigenvalue weighted by Gasteiger charge is 2.15. The number of nitrogens with zero attached hydrogens (tertiary/aromatic N) is 1. The lowest BCUT2D eigenvalue weighted by atomic mass is 10.2. The molecule has 0 aliphatic rings. The second-order valence-electron chi connectivity index (χ2n) is 3.69. The zero-order valence-corrected chi connectivity index (χ0v) is 12.3. The van der Waals surface area contributed by atoms with Crippen LogP contribution in [0.3, 0.4) is 0 Å². The van der Waals surface area contributed by atoms with E-state index in [-0.39, 0.29) is 20.4 Å². The number of aromatic nitrogens is 1. The summed E-state index contributed by atoms with van der Waals surface area (Å²) in [5, 5.41) is 3.78. The van der Waals surface area contributed by atoms with Gasteiger partial charge in [0, 0.05) is 5.69 Å². The Hall–Kier alpha value is -0.670. The average Bonchev–Trinajstić information content (AvgIpc) is 2.34. The predicted molar refractivity (Wildman–Crippen MR) is 78.7 cm³/mol. The summed E-state index contributed by atoms with van der Waals surface area (Å²) in [5.41, 5.74) is 2.44. The highest BCUT2D eigenvalue weighted by Crippen LogP contribution is 2.40. The van der Waals surface area contributed by atoms with Gasteiger partial charge < -0.3 is 5.32 Å². The van der Waals surface area contributed by atoms with E-state index in [4.69, 9.17) is 46.4 Å². The molecule has 2 rings (SSSR count). The molecule has 0 saturated carbocycles. The smallest absolute Gasteiger partial charge is 0.151 e. The summed E-state index contributed by atoms with van der Waals surface area (Å²) in [6.45, 7) is 2.00. The van der Waals surface area contributed by atoms with E-state index >= 15 is 0 Å². The van der Waals surface area contributed by atoms with E-state index in [1.165, 1.54) is 0 Å². The number of rotatable bonds is 2. The van der Waals surface area contributed by atoms with E-state index in [1.54, 1.807) is 0 Å². The van der Waals surface area contributed by atoms with Crippen LogP contribution in [0.15, 0.2) is 24.3 Å². The van der Waals surface area contributed by atoms with Gasteiger partial charge in [-0.05, 0) is 19.1 Å². The zero-order valence-electron chi connectivity index (χ0n) is 9.27. The summed E-state index contributed by atoms with van der Waals surface area (Å²) in [6, 6.07) is 7.75. The van der Waals surface area contributed by atoms with Crippen molar-refractivity contribution in [2.45, 2.75) is 6.92 Å². The summed E-state index contributed by atoms with van der Waals surface area (Å²) in [7, 11) is 0.